The van der Waals surface area contributed by atoms with Crippen molar-refractivity contribution in [1.82, 2.24) is 0 Å². The summed E-state index contributed by atoms with van der Waals surface area (Å²) >= 11 is 0. The molecule has 4 aromatic rings. The summed E-state index contributed by atoms with van der Waals surface area (Å²) < 4.78 is 22.2. The average molecular weight is 811 g/mol. The van der Waals surface area contributed by atoms with Crippen LogP contribution in [0.3, 0.4) is 0 Å². The zero-order chi connectivity index (χ0) is 43.0. The third kappa shape index (κ3) is 15.1. The van der Waals surface area contributed by atoms with Crippen molar-refractivity contribution in [1.29, 1.82) is 0 Å². The smallest absolute Gasteiger partial charge is 0.338 e. The first-order chi connectivity index (χ1) is 29.3. The fraction of sp³-hybridized carbons (Fsp3) is 0.308. The van der Waals surface area contributed by atoms with E-state index in [-0.39, 0.29) is 48.7 Å². The fourth-order valence-electron chi connectivity index (χ4n) is 6.33. The summed E-state index contributed by atoms with van der Waals surface area (Å²) in [6.45, 7) is 16.0. The van der Waals surface area contributed by atoms with E-state index in [2.05, 4.69) is 26.3 Å². The molecule has 0 atom stereocenters. The molecule has 0 aromatic heterocycles. The molecule has 0 saturated carbocycles. The number of benzene rings is 4. The molecule has 0 aliphatic rings. The minimum Gasteiger partial charge on any atom is -0.462 e. The quantitative estimate of drug-likeness (QED) is 0.0254. The summed E-state index contributed by atoms with van der Waals surface area (Å²) in [5.41, 5.74) is 5.94. The number of allylic oxidation sites excluding steroid dienone is 4. The lowest BCUT2D eigenvalue weighted by Gasteiger charge is -2.12. The zero-order valence-corrected chi connectivity index (χ0v) is 34.8. The van der Waals surface area contributed by atoms with Crippen molar-refractivity contribution in [3.63, 3.8) is 0 Å². The SMILES string of the molecule is C=CCCCCOC(=O)c1cc(C(=O)OCCCCC=C)cc(-c2ccc(-c3ccc(-c4cc(C(=O)OCCCCC=C)cc(C(=O)OCCCCC=C)c4)cc3)cc2)c1. The van der Waals surface area contributed by atoms with Crippen LogP contribution in [-0.4, -0.2) is 50.3 Å². The molecule has 0 saturated heterocycles. The molecule has 0 aliphatic heterocycles. The summed E-state index contributed by atoms with van der Waals surface area (Å²) in [6.07, 6.45) is 17.0. The Kier molecular flexibility index (Phi) is 20.1. The third-order valence-electron chi connectivity index (χ3n) is 9.72. The van der Waals surface area contributed by atoms with Crippen LogP contribution >= 0.6 is 0 Å². The zero-order valence-electron chi connectivity index (χ0n) is 34.8. The molecular formula is C52H58O8. The summed E-state index contributed by atoms with van der Waals surface area (Å²) in [6, 6.07) is 25.6. The maximum atomic E-state index is 13.1. The molecular weight excluding hydrogens is 753 g/mol. The molecule has 0 spiro atoms. The molecule has 8 nitrogen and oxygen atoms in total. The van der Waals surface area contributed by atoms with Crippen molar-refractivity contribution in [2.75, 3.05) is 26.4 Å². The van der Waals surface area contributed by atoms with Gasteiger partial charge in [0.1, 0.15) is 0 Å². The number of esters is 4. The van der Waals surface area contributed by atoms with Crippen LogP contribution in [0, 0.1) is 0 Å². The molecule has 314 valence electrons. The van der Waals surface area contributed by atoms with E-state index in [1.165, 1.54) is 12.1 Å². The predicted octanol–water partition coefficient (Wildman–Crippen LogP) is 12.7. The third-order valence-corrected chi connectivity index (χ3v) is 9.72. The van der Waals surface area contributed by atoms with Crippen molar-refractivity contribution >= 4 is 23.9 Å². The van der Waals surface area contributed by atoms with Gasteiger partial charge in [0, 0.05) is 0 Å². The van der Waals surface area contributed by atoms with Crippen LogP contribution in [-0.2, 0) is 18.9 Å². The Labute approximate surface area is 355 Å². The molecule has 0 amide bonds. The molecule has 0 N–H and O–H groups in total. The molecule has 0 heterocycles. The first-order valence-corrected chi connectivity index (χ1v) is 20.9. The van der Waals surface area contributed by atoms with Crippen LogP contribution in [0.4, 0.5) is 0 Å². The van der Waals surface area contributed by atoms with E-state index in [4.69, 9.17) is 18.9 Å². The standard InChI is InChI=1S/C52H58O8/c1-5-9-13-17-29-57-49(53)45-33-43(34-46(37-45)50(54)58-30-18-14-10-6-2)41-25-21-39(22-26-41)40-23-27-42(28-24-40)44-35-47(51(55)59-31-19-15-11-7-3)38-48(36-44)52(56)60-32-20-16-12-8-4/h5-8,21-28,33-38H,1-4,9-20,29-32H2. The largest absolute Gasteiger partial charge is 0.462 e. The Morgan fingerprint density at radius 2 is 0.550 bits per heavy atom. The lowest BCUT2D eigenvalue weighted by Crippen LogP contribution is -2.11. The first kappa shape index (κ1) is 46.4. The van der Waals surface area contributed by atoms with Gasteiger partial charge in [-0.3, -0.25) is 0 Å². The lowest BCUT2D eigenvalue weighted by atomic mass is 9.95. The molecule has 4 aromatic carbocycles. The second-order valence-corrected chi connectivity index (χ2v) is 14.4. The van der Waals surface area contributed by atoms with Gasteiger partial charge in [-0.15, -0.1) is 26.3 Å². The number of hydrogen-bond acceptors (Lipinski definition) is 8. The van der Waals surface area contributed by atoms with Gasteiger partial charge in [0.25, 0.3) is 0 Å². The first-order valence-electron chi connectivity index (χ1n) is 20.9. The van der Waals surface area contributed by atoms with Gasteiger partial charge in [-0.25, -0.2) is 19.2 Å². The maximum Gasteiger partial charge on any atom is 0.338 e. The highest BCUT2D eigenvalue weighted by molar-refractivity contribution is 5.99. The van der Waals surface area contributed by atoms with E-state index in [9.17, 15) is 19.2 Å². The highest BCUT2D eigenvalue weighted by Gasteiger charge is 2.18. The maximum absolute atomic E-state index is 13.1. The average Bonchev–Trinajstić information content (AvgIpc) is 3.28. The van der Waals surface area contributed by atoms with E-state index in [1.54, 1.807) is 24.3 Å². The van der Waals surface area contributed by atoms with Crippen molar-refractivity contribution in [2.24, 2.45) is 0 Å². The second-order valence-electron chi connectivity index (χ2n) is 14.4. The van der Waals surface area contributed by atoms with Crippen molar-refractivity contribution in [3.8, 4) is 33.4 Å². The van der Waals surface area contributed by atoms with Gasteiger partial charge in [0.2, 0.25) is 0 Å². The van der Waals surface area contributed by atoms with Gasteiger partial charge in [-0.2, -0.15) is 0 Å². The topological polar surface area (TPSA) is 105 Å². The van der Waals surface area contributed by atoms with Gasteiger partial charge in [-0.1, -0.05) is 72.8 Å². The van der Waals surface area contributed by atoms with Crippen LogP contribution in [0.15, 0.2) is 136 Å². The Bertz CT molecular complexity index is 1810. The summed E-state index contributed by atoms with van der Waals surface area (Å²) in [7, 11) is 0. The summed E-state index contributed by atoms with van der Waals surface area (Å²) in [5, 5.41) is 0. The minimum atomic E-state index is -0.503. The van der Waals surface area contributed by atoms with Crippen LogP contribution in [0.2, 0.25) is 0 Å². The van der Waals surface area contributed by atoms with Gasteiger partial charge in [0.15, 0.2) is 0 Å². The highest BCUT2D eigenvalue weighted by Crippen LogP contribution is 2.30. The molecule has 0 aliphatic carbocycles. The molecule has 8 heteroatoms. The van der Waals surface area contributed by atoms with Crippen molar-refractivity contribution in [2.45, 2.75) is 77.0 Å². The molecule has 60 heavy (non-hydrogen) atoms. The van der Waals surface area contributed by atoms with E-state index < -0.39 is 23.9 Å². The van der Waals surface area contributed by atoms with Crippen LogP contribution < -0.4 is 0 Å². The van der Waals surface area contributed by atoms with Crippen LogP contribution in [0.1, 0.15) is 118 Å². The monoisotopic (exact) mass is 810 g/mol. The Hall–Kier alpha value is -6.28. The van der Waals surface area contributed by atoms with E-state index in [0.29, 0.717) is 36.8 Å². The minimum absolute atomic E-state index is 0.270. The number of carbonyl (C=O) groups excluding carboxylic acids is 4. The molecule has 0 radical (unpaired) electrons. The number of rotatable bonds is 27. The summed E-state index contributed by atoms with van der Waals surface area (Å²) in [4.78, 5) is 52.5. The molecule has 4 rings (SSSR count). The van der Waals surface area contributed by atoms with Gasteiger partial charge in [-0.05, 0) is 147 Å². The van der Waals surface area contributed by atoms with Crippen molar-refractivity contribution < 1.29 is 38.1 Å². The highest BCUT2D eigenvalue weighted by atomic mass is 16.5. The van der Waals surface area contributed by atoms with Gasteiger partial charge in [0.05, 0.1) is 48.7 Å². The Morgan fingerprint density at radius 1 is 0.333 bits per heavy atom. The van der Waals surface area contributed by atoms with E-state index >= 15 is 0 Å². The van der Waals surface area contributed by atoms with E-state index in [0.717, 1.165) is 73.6 Å². The number of unbranched alkanes of at least 4 members (excludes halogenated alkanes) is 8. The molecule has 0 fully saturated rings. The molecule has 0 unspecified atom stereocenters. The van der Waals surface area contributed by atoms with Crippen LogP contribution in [0.5, 0.6) is 0 Å². The number of hydrogen-bond donors (Lipinski definition) is 0. The summed E-state index contributed by atoms with van der Waals surface area (Å²) in [5.74, 6) is -2.01. The lowest BCUT2D eigenvalue weighted by molar-refractivity contribution is 0.0479. The van der Waals surface area contributed by atoms with Crippen LogP contribution in [0.25, 0.3) is 33.4 Å². The van der Waals surface area contributed by atoms with Crippen molar-refractivity contribution in [3.05, 3.63) is 158 Å². The van der Waals surface area contributed by atoms with E-state index in [1.807, 2.05) is 72.8 Å². The van der Waals surface area contributed by atoms with Gasteiger partial charge < -0.3 is 18.9 Å². The molecule has 0 bridgehead atoms. The Morgan fingerprint density at radius 3 is 0.767 bits per heavy atom. The number of ether oxygens (including phenoxy) is 4. The van der Waals surface area contributed by atoms with Gasteiger partial charge >= 0.3 is 23.9 Å². The fourth-order valence-corrected chi connectivity index (χ4v) is 6.33. The normalized spacial score (nSPS) is 10.6. The predicted molar refractivity (Wildman–Crippen MR) is 240 cm³/mol. The number of carbonyl (C=O) groups is 4. The Balaban J connectivity index is 1.56. The second kappa shape index (κ2) is 25.9.